The highest BCUT2D eigenvalue weighted by Gasteiger charge is 2.31. The van der Waals surface area contributed by atoms with Crippen molar-refractivity contribution in [1.82, 2.24) is 29.4 Å². The van der Waals surface area contributed by atoms with Crippen molar-refractivity contribution in [2.75, 3.05) is 24.2 Å². The first-order valence-corrected chi connectivity index (χ1v) is 17.5. The number of thiazole rings is 1. The van der Waals surface area contributed by atoms with E-state index in [1.807, 2.05) is 24.3 Å². The van der Waals surface area contributed by atoms with Gasteiger partial charge in [-0.05, 0) is 67.4 Å². The van der Waals surface area contributed by atoms with Gasteiger partial charge in [-0.2, -0.15) is 17.5 Å². The van der Waals surface area contributed by atoms with Crippen molar-refractivity contribution in [2.24, 2.45) is 0 Å². The SMILES string of the molecule is O=C(CSc1nnc(CNC(=O)c2ccc(S(=O)(=O)N3CCCC3)cc2)n1-c1cccc(C(F)(F)F)c1)Nc1nc2ccccc2s1. The number of thioether (sulfide) groups is 1. The summed E-state index contributed by atoms with van der Waals surface area (Å²) in [6.07, 6.45) is -3.03. The average Bonchev–Trinajstić information content (AvgIpc) is 3.82. The Morgan fingerprint density at radius 1 is 0.957 bits per heavy atom. The van der Waals surface area contributed by atoms with Gasteiger partial charge in [-0.15, -0.1) is 10.2 Å². The number of nitrogens with one attached hydrogen (secondary N) is 2. The van der Waals surface area contributed by atoms with Crippen molar-refractivity contribution in [2.45, 2.75) is 35.6 Å². The van der Waals surface area contributed by atoms with Crippen LogP contribution in [0.3, 0.4) is 0 Å². The highest BCUT2D eigenvalue weighted by atomic mass is 32.2. The van der Waals surface area contributed by atoms with E-state index in [9.17, 15) is 31.2 Å². The summed E-state index contributed by atoms with van der Waals surface area (Å²) in [5.41, 5.74) is 0.0999. The molecule has 0 spiro atoms. The number of hydrogen-bond acceptors (Lipinski definition) is 9. The maximum atomic E-state index is 13.6. The van der Waals surface area contributed by atoms with Gasteiger partial charge in [0.15, 0.2) is 16.1 Å². The van der Waals surface area contributed by atoms with E-state index < -0.39 is 33.6 Å². The van der Waals surface area contributed by atoms with Crippen LogP contribution in [0.5, 0.6) is 0 Å². The van der Waals surface area contributed by atoms with E-state index in [1.54, 1.807) is 0 Å². The highest BCUT2D eigenvalue weighted by molar-refractivity contribution is 7.99. The number of carbonyl (C=O) groups is 2. The molecule has 0 saturated carbocycles. The third kappa shape index (κ3) is 7.32. The molecule has 244 valence electrons. The lowest BCUT2D eigenvalue weighted by Crippen LogP contribution is -2.28. The van der Waals surface area contributed by atoms with Crippen LogP contribution in [0.2, 0.25) is 0 Å². The average molecular weight is 702 g/mol. The number of hydrogen-bond donors (Lipinski definition) is 2. The predicted octanol–water partition coefficient (Wildman–Crippen LogP) is 5.34. The van der Waals surface area contributed by atoms with Gasteiger partial charge in [0, 0.05) is 18.7 Å². The van der Waals surface area contributed by atoms with Gasteiger partial charge in [-0.25, -0.2) is 13.4 Å². The number of sulfonamides is 1. The topological polar surface area (TPSA) is 139 Å². The van der Waals surface area contributed by atoms with E-state index in [2.05, 4.69) is 25.8 Å². The maximum absolute atomic E-state index is 13.6. The molecule has 1 aliphatic heterocycles. The molecule has 0 unspecified atom stereocenters. The Labute approximate surface area is 275 Å². The largest absolute Gasteiger partial charge is 0.416 e. The lowest BCUT2D eigenvalue weighted by molar-refractivity contribution is -0.137. The zero-order chi connectivity index (χ0) is 33.2. The summed E-state index contributed by atoms with van der Waals surface area (Å²) in [5.74, 6) is -0.998. The minimum Gasteiger partial charge on any atom is -0.345 e. The molecule has 0 atom stereocenters. The fourth-order valence-corrected chi connectivity index (χ4v) is 8.09. The summed E-state index contributed by atoms with van der Waals surface area (Å²) >= 11 is 2.26. The van der Waals surface area contributed by atoms with E-state index in [-0.39, 0.29) is 39.4 Å². The summed E-state index contributed by atoms with van der Waals surface area (Å²) < 4.78 is 70.0. The summed E-state index contributed by atoms with van der Waals surface area (Å²) in [6.45, 7) is 0.671. The fourth-order valence-electron chi connectivity index (χ4n) is 4.92. The number of fused-ring (bicyclic) bond motifs is 1. The molecule has 2 amide bonds. The first-order chi connectivity index (χ1) is 22.5. The van der Waals surface area contributed by atoms with Crippen LogP contribution in [-0.4, -0.2) is 63.1 Å². The zero-order valence-electron chi connectivity index (χ0n) is 24.4. The van der Waals surface area contributed by atoms with E-state index in [0.717, 1.165) is 47.0 Å². The van der Waals surface area contributed by atoms with Gasteiger partial charge in [-0.3, -0.25) is 14.2 Å². The molecule has 0 aliphatic carbocycles. The monoisotopic (exact) mass is 701 g/mol. The minimum absolute atomic E-state index is 0.0778. The summed E-state index contributed by atoms with van der Waals surface area (Å²) in [7, 11) is -3.65. The van der Waals surface area contributed by atoms with Crippen LogP contribution in [-0.2, 0) is 27.5 Å². The van der Waals surface area contributed by atoms with Gasteiger partial charge in [0.2, 0.25) is 15.9 Å². The molecule has 47 heavy (non-hydrogen) atoms. The molecule has 0 bridgehead atoms. The molecule has 1 aliphatic rings. The van der Waals surface area contributed by atoms with Crippen LogP contribution in [0.1, 0.15) is 34.6 Å². The number of aromatic nitrogens is 4. The Morgan fingerprint density at radius 2 is 1.70 bits per heavy atom. The maximum Gasteiger partial charge on any atom is 0.416 e. The number of para-hydroxylation sites is 1. The van der Waals surface area contributed by atoms with E-state index in [4.69, 9.17) is 0 Å². The smallest absolute Gasteiger partial charge is 0.345 e. The van der Waals surface area contributed by atoms with Gasteiger partial charge in [0.05, 0.1) is 38.7 Å². The second-order valence-electron chi connectivity index (χ2n) is 10.4. The Bertz CT molecular complexity index is 2010. The first kappa shape index (κ1) is 32.6. The second kappa shape index (κ2) is 13.4. The molecule has 11 nitrogen and oxygen atoms in total. The highest BCUT2D eigenvalue weighted by Crippen LogP contribution is 2.32. The van der Waals surface area contributed by atoms with Crippen LogP contribution in [0, 0.1) is 0 Å². The molecule has 5 aromatic rings. The van der Waals surface area contributed by atoms with Crippen LogP contribution in [0.25, 0.3) is 15.9 Å². The Balaban J connectivity index is 1.19. The fraction of sp³-hybridized carbons (Fsp3) is 0.233. The quantitative estimate of drug-likeness (QED) is 0.186. The second-order valence-corrected chi connectivity index (χ2v) is 14.3. The van der Waals surface area contributed by atoms with Crippen molar-refractivity contribution in [3.8, 4) is 5.69 Å². The standard InChI is InChI=1S/C30H26F3N7O4S3/c31-30(32,33)20-6-5-7-21(16-20)40-25(17-34-27(42)19-10-12-22(13-11-19)47(43,44)39-14-3-4-15-39)37-38-29(40)45-18-26(41)36-28-35-23-8-1-2-9-24(23)46-28/h1-2,5-13,16H,3-4,14-15,17-18H2,(H,34,42)(H,35,36,41). The normalized spacial score (nSPS) is 14.0. The zero-order valence-corrected chi connectivity index (χ0v) is 26.8. The van der Waals surface area contributed by atoms with E-state index in [0.29, 0.717) is 18.2 Å². The van der Waals surface area contributed by atoms with E-state index >= 15 is 0 Å². The number of halogens is 3. The molecule has 6 rings (SSSR count). The first-order valence-electron chi connectivity index (χ1n) is 14.3. The van der Waals surface area contributed by atoms with Crippen molar-refractivity contribution in [3.05, 3.63) is 89.7 Å². The molecule has 2 aromatic heterocycles. The number of amides is 2. The number of benzene rings is 3. The third-order valence-electron chi connectivity index (χ3n) is 7.23. The van der Waals surface area contributed by atoms with Crippen molar-refractivity contribution >= 4 is 60.3 Å². The van der Waals surface area contributed by atoms with Crippen LogP contribution >= 0.6 is 23.1 Å². The lowest BCUT2D eigenvalue weighted by Gasteiger charge is -2.15. The van der Waals surface area contributed by atoms with Crippen molar-refractivity contribution < 1.29 is 31.2 Å². The predicted molar refractivity (Wildman–Crippen MR) is 171 cm³/mol. The Hall–Kier alpha value is -4.32. The van der Waals surface area contributed by atoms with Crippen molar-refractivity contribution in [1.29, 1.82) is 0 Å². The molecule has 0 radical (unpaired) electrons. The van der Waals surface area contributed by atoms with Crippen LogP contribution in [0.15, 0.2) is 82.8 Å². The van der Waals surface area contributed by atoms with Crippen LogP contribution in [0.4, 0.5) is 18.3 Å². The molecule has 2 N–H and O–H groups in total. The van der Waals surface area contributed by atoms with Gasteiger partial charge < -0.3 is 10.6 Å². The van der Waals surface area contributed by atoms with Gasteiger partial charge >= 0.3 is 6.18 Å². The van der Waals surface area contributed by atoms with Gasteiger partial charge in [0.1, 0.15) is 0 Å². The number of anilines is 1. The van der Waals surface area contributed by atoms with Crippen LogP contribution < -0.4 is 10.6 Å². The number of nitrogens with zero attached hydrogens (tertiary/aromatic N) is 5. The molecular formula is C30H26F3N7O4S3. The molecule has 3 aromatic carbocycles. The number of carbonyl (C=O) groups excluding carboxylic acids is 2. The summed E-state index contributed by atoms with van der Waals surface area (Å²) in [6, 6.07) is 17.4. The molecule has 17 heteroatoms. The van der Waals surface area contributed by atoms with Gasteiger partial charge in [-0.1, -0.05) is 41.3 Å². The molecular weight excluding hydrogens is 676 g/mol. The van der Waals surface area contributed by atoms with E-state index in [1.165, 1.54) is 56.6 Å². The minimum atomic E-state index is -4.61. The lowest BCUT2D eigenvalue weighted by atomic mass is 10.2. The van der Waals surface area contributed by atoms with Crippen molar-refractivity contribution in [3.63, 3.8) is 0 Å². The third-order valence-corrected chi connectivity index (χ3v) is 11.0. The summed E-state index contributed by atoms with van der Waals surface area (Å²) in [5, 5.41) is 14.1. The Kier molecular flexibility index (Phi) is 9.32. The molecule has 3 heterocycles. The number of rotatable bonds is 10. The molecule has 1 fully saturated rings. The van der Waals surface area contributed by atoms with Gasteiger partial charge in [0.25, 0.3) is 5.91 Å². The summed E-state index contributed by atoms with van der Waals surface area (Å²) in [4.78, 5) is 30.2. The number of alkyl halides is 3. The Morgan fingerprint density at radius 3 is 2.43 bits per heavy atom. The molecule has 1 saturated heterocycles.